The topological polar surface area (TPSA) is 12.5 Å². The van der Waals surface area contributed by atoms with E-state index in [0.29, 0.717) is 0 Å². The van der Waals surface area contributed by atoms with Crippen molar-refractivity contribution in [3.05, 3.63) is 0 Å². The van der Waals surface area contributed by atoms with E-state index < -0.39 is 83.3 Å². The molecule has 0 N–H and O–H groups in total. The monoisotopic (exact) mass is 716 g/mol. The smallest absolute Gasteiger partial charge is 0.286 e. The Kier molecular flexibility index (Phi) is 8.01. The van der Waals surface area contributed by atoms with E-state index >= 15 is 0 Å². The average Bonchev–Trinajstić information content (AvgIpc) is 3.35. The normalized spacial score (nSPS) is 26.0. The molecule has 0 aromatic heterocycles. The van der Waals surface area contributed by atoms with Gasteiger partial charge in [0.25, 0.3) is 0 Å². The Labute approximate surface area is 212 Å². The van der Waals surface area contributed by atoms with Crippen LogP contribution in [0.1, 0.15) is 0 Å². The molecule has 3 unspecified atom stereocenters. The summed E-state index contributed by atoms with van der Waals surface area (Å²) in [6.07, 6.45) is -25.2. The summed E-state index contributed by atoms with van der Waals surface area (Å²) >= 11 is 0. The van der Waals surface area contributed by atoms with Crippen LogP contribution in [0.2, 0.25) is 0 Å². The van der Waals surface area contributed by atoms with Crippen molar-refractivity contribution in [2.24, 2.45) is 0 Å². The maximum absolute atomic E-state index is 14.2. The van der Waals surface area contributed by atoms with Gasteiger partial charge in [0, 0.05) is 0 Å². The minimum absolute atomic E-state index is 1.76. The molecule has 1 nitrogen and oxygen atoms in total. The molecule has 0 saturated carbocycles. The van der Waals surface area contributed by atoms with Gasteiger partial charge in [-0.15, -0.1) is 0 Å². The summed E-state index contributed by atoms with van der Waals surface area (Å²) in [7, 11) is 0. The van der Waals surface area contributed by atoms with Crippen LogP contribution in [0.25, 0.3) is 0 Å². The Bertz CT molecular complexity index is 1070. The highest BCUT2D eigenvalue weighted by Gasteiger charge is 3.06. The van der Waals surface area contributed by atoms with Crippen LogP contribution < -0.4 is 0 Å². The standard InChI is InChI=1S/C14F28O/c15-1(12(34,35)36,3(18,19)5(22,23)7(26,27)9(30,31)13(37,38)39)2(16,17)4(20,21)6(24,25)8(28,29)10(32)11(33,43-10)14(40,41)42. The molecule has 1 fully saturated rings. The van der Waals surface area contributed by atoms with Crippen LogP contribution in [-0.2, 0) is 4.74 Å². The minimum atomic E-state index is -10.2. The van der Waals surface area contributed by atoms with Crippen molar-refractivity contribution >= 4 is 0 Å². The molecule has 43 heavy (non-hydrogen) atoms. The van der Waals surface area contributed by atoms with E-state index in [9.17, 15) is 123 Å². The van der Waals surface area contributed by atoms with E-state index in [1.165, 1.54) is 0 Å². The lowest BCUT2D eigenvalue weighted by Gasteiger charge is -2.48. The lowest BCUT2D eigenvalue weighted by molar-refractivity contribution is -0.487. The molecule has 0 spiro atoms. The van der Waals surface area contributed by atoms with E-state index in [-0.39, 0.29) is 0 Å². The summed E-state index contributed by atoms with van der Waals surface area (Å²) in [4.78, 5) is 0. The summed E-state index contributed by atoms with van der Waals surface area (Å²) in [6, 6.07) is 0. The third-order valence-electron chi connectivity index (χ3n) is 5.40. The first-order valence-electron chi connectivity index (χ1n) is 8.95. The molecule has 3 atom stereocenters. The van der Waals surface area contributed by atoms with Gasteiger partial charge in [-0.05, 0) is 0 Å². The lowest BCUT2D eigenvalue weighted by atomic mass is 9.77. The molecule has 0 aliphatic carbocycles. The first-order chi connectivity index (χ1) is 18.0. The molecule has 1 heterocycles. The summed E-state index contributed by atoms with van der Waals surface area (Å²) in [6.45, 7) is 0. The summed E-state index contributed by atoms with van der Waals surface area (Å²) in [5.41, 5.74) is -10.2. The van der Waals surface area contributed by atoms with Crippen LogP contribution in [0.4, 0.5) is 123 Å². The number of ether oxygens (including phenoxy) is 1. The van der Waals surface area contributed by atoms with Crippen molar-refractivity contribution in [2.45, 2.75) is 83.3 Å². The van der Waals surface area contributed by atoms with Crippen molar-refractivity contribution in [3.63, 3.8) is 0 Å². The highest BCUT2D eigenvalue weighted by molar-refractivity contribution is 5.26. The van der Waals surface area contributed by atoms with E-state index in [2.05, 4.69) is 0 Å². The highest BCUT2D eigenvalue weighted by Crippen LogP contribution is 2.73. The predicted octanol–water partition coefficient (Wildman–Crippen LogP) is 8.83. The number of halogens is 28. The van der Waals surface area contributed by atoms with Crippen molar-refractivity contribution in [1.82, 2.24) is 0 Å². The summed E-state index contributed by atoms with van der Waals surface area (Å²) < 4.78 is 371. The van der Waals surface area contributed by atoms with Crippen molar-refractivity contribution in [3.8, 4) is 0 Å². The van der Waals surface area contributed by atoms with E-state index in [4.69, 9.17) is 0 Å². The molecule has 0 radical (unpaired) electrons. The largest absolute Gasteiger partial charge is 0.460 e. The zero-order chi connectivity index (χ0) is 35.7. The molecular weight excluding hydrogens is 716 g/mol. The summed E-state index contributed by atoms with van der Waals surface area (Å²) in [5.74, 6) is -90.7. The maximum atomic E-state index is 14.2. The second kappa shape index (κ2) is 8.83. The Morgan fingerprint density at radius 2 is 0.581 bits per heavy atom. The fourth-order valence-electron chi connectivity index (χ4n) is 2.83. The molecule has 1 aliphatic rings. The number of hydrogen-bond donors (Lipinski definition) is 0. The molecule has 0 aromatic carbocycles. The Morgan fingerprint density at radius 3 is 0.814 bits per heavy atom. The minimum Gasteiger partial charge on any atom is -0.286 e. The van der Waals surface area contributed by atoms with Gasteiger partial charge in [0.2, 0.25) is 0 Å². The third-order valence-corrected chi connectivity index (χ3v) is 5.40. The number of hydrogen-bond acceptors (Lipinski definition) is 1. The molecule has 0 aromatic rings. The molecule has 0 bridgehead atoms. The van der Waals surface area contributed by atoms with Crippen LogP contribution in [0.3, 0.4) is 0 Å². The van der Waals surface area contributed by atoms with Gasteiger partial charge in [-0.2, -0.15) is 119 Å². The van der Waals surface area contributed by atoms with Gasteiger partial charge >= 0.3 is 83.3 Å². The van der Waals surface area contributed by atoms with E-state index in [0.717, 1.165) is 0 Å². The zero-order valence-corrected chi connectivity index (χ0v) is 18.0. The first kappa shape index (κ1) is 39.0. The van der Waals surface area contributed by atoms with Crippen molar-refractivity contribution in [2.75, 3.05) is 0 Å². The third kappa shape index (κ3) is 4.08. The van der Waals surface area contributed by atoms with Gasteiger partial charge in [0.15, 0.2) is 0 Å². The maximum Gasteiger partial charge on any atom is 0.460 e. The van der Waals surface area contributed by atoms with Gasteiger partial charge in [-0.1, -0.05) is 0 Å². The fraction of sp³-hybridized carbons (Fsp3) is 1.00. The quantitative estimate of drug-likeness (QED) is 0.172. The molecule has 29 heteroatoms. The average molecular weight is 716 g/mol. The van der Waals surface area contributed by atoms with Crippen LogP contribution in [0, 0.1) is 0 Å². The number of rotatable bonds is 9. The SMILES string of the molecule is FC(F)(F)C(F)(F)C(F)(F)C(F)(F)C(F)(F)C(F)(C(F)(F)F)C(F)(F)C(F)(F)C(F)(F)C(F)(F)C1(F)OC1(F)C(F)(F)F. The van der Waals surface area contributed by atoms with Crippen LogP contribution in [0.5, 0.6) is 0 Å². The molecule has 0 amide bonds. The van der Waals surface area contributed by atoms with Gasteiger partial charge in [0.05, 0.1) is 0 Å². The zero-order valence-electron chi connectivity index (χ0n) is 18.0. The second-order valence-electron chi connectivity index (χ2n) is 8.04. The Balaban J connectivity index is 4.12. The molecule has 1 saturated heterocycles. The van der Waals surface area contributed by atoms with Gasteiger partial charge in [-0.25, -0.2) is 4.39 Å². The van der Waals surface area contributed by atoms with Crippen LogP contribution >= 0.6 is 0 Å². The predicted molar refractivity (Wildman–Crippen MR) is 70.3 cm³/mol. The molecule has 1 rings (SSSR count). The number of epoxide rings is 1. The van der Waals surface area contributed by atoms with Gasteiger partial charge < -0.3 is 0 Å². The lowest BCUT2D eigenvalue weighted by Crippen LogP contribution is -2.82. The Hall–Kier alpha value is -2.00. The summed E-state index contributed by atoms with van der Waals surface area (Å²) in [5, 5.41) is 0. The van der Waals surface area contributed by atoms with Crippen LogP contribution in [0.15, 0.2) is 0 Å². The van der Waals surface area contributed by atoms with Gasteiger partial charge in [0.1, 0.15) is 0 Å². The molecular formula is C14F28O. The van der Waals surface area contributed by atoms with Gasteiger partial charge in [-0.3, -0.25) is 4.74 Å². The van der Waals surface area contributed by atoms with E-state index in [1.807, 2.05) is 0 Å². The second-order valence-corrected chi connectivity index (χ2v) is 8.04. The highest BCUT2D eigenvalue weighted by atomic mass is 19.4. The number of alkyl halides is 28. The van der Waals surface area contributed by atoms with Crippen LogP contribution in [-0.4, -0.2) is 83.3 Å². The van der Waals surface area contributed by atoms with Crippen molar-refractivity contribution in [1.29, 1.82) is 0 Å². The first-order valence-corrected chi connectivity index (χ1v) is 8.95. The fourth-order valence-corrected chi connectivity index (χ4v) is 2.83. The molecule has 1 aliphatic heterocycles. The Morgan fingerprint density at radius 1 is 0.302 bits per heavy atom. The van der Waals surface area contributed by atoms with E-state index in [1.54, 1.807) is 4.74 Å². The van der Waals surface area contributed by atoms with Crippen molar-refractivity contribution < 1.29 is 128 Å². The molecule has 258 valence electrons.